The Bertz CT molecular complexity index is 528. The van der Waals surface area contributed by atoms with Gasteiger partial charge in [-0.05, 0) is 19.8 Å². The molecule has 1 aliphatic carbocycles. The quantitative estimate of drug-likeness (QED) is 0.769. The first-order chi connectivity index (χ1) is 9.11. The number of ether oxygens (including phenoxy) is 1. The second kappa shape index (κ2) is 5.93. The van der Waals surface area contributed by atoms with Crippen LogP contribution < -0.4 is 0 Å². The van der Waals surface area contributed by atoms with Crippen molar-refractivity contribution in [3.05, 3.63) is 16.1 Å². The van der Waals surface area contributed by atoms with E-state index in [1.807, 2.05) is 6.07 Å². The van der Waals surface area contributed by atoms with E-state index >= 15 is 0 Å². The third kappa shape index (κ3) is 3.18. The molecule has 0 radical (unpaired) electrons. The predicted molar refractivity (Wildman–Crippen MR) is 68.5 cm³/mol. The van der Waals surface area contributed by atoms with Gasteiger partial charge in [-0.3, -0.25) is 9.59 Å². The maximum atomic E-state index is 11.9. The molecule has 0 unspecified atom stereocenters. The molecule has 1 aliphatic rings. The van der Waals surface area contributed by atoms with Gasteiger partial charge in [0, 0.05) is 11.1 Å². The molecule has 6 heteroatoms. The number of Topliss-reactive ketones (excluding diaryl/α,β-unsaturated/α-hetero) is 1. The zero-order chi connectivity index (χ0) is 13.8. The van der Waals surface area contributed by atoms with Gasteiger partial charge in [-0.1, -0.05) is 6.42 Å². The molecule has 1 fully saturated rings. The number of carbonyl (C=O) groups excluding carboxylic acids is 2. The predicted octanol–water partition coefficient (Wildman–Crippen LogP) is 1.97. The fourth-order valence-electron chi connectivity index (χ4n) is 1.76. The second-order valence-electron chi connectivity index (χ2n) is 4.59. The number of hydrogen-bond acceptors (Lipinski definition) is 6. The van der Waals surface area contributed by atoms with E-state index in [2.05, 4.69) is 4.98 Å². The molecular formula is C13H14N2O3S. The van der Waals surface area contributed by atoms with Gasteiger partial charge in [-0.25, -0.2) is 4.98 Å². The average molecular weight is 278 g/mol. The maximum Gasteiger partial charge on any atom is 0.309 e. The number of ketones is 1. The van der Waals surface area contributed by atoms with E-state index in [1.165, 1.54) is 11.3 Å². The van der Waals surface area contributed by atoms with E-state index < -0.39 is 11.7 Å². The molecular weight excluding hydrogens is 264 g/mol. The van der Waals surface area contributed by atoms with Crippen molar-refractivity contribution in [2.24, 2.45) is 5.92 Å². The zero-order valence-corrected chi connectivity index (χ0v) is 11.4. The van der Waals surface area contributed by atoms with Crippen LogP contribution in [0.3, 0.4) is 0 Å². The van der Waals surface area contributed by atoms with Crippen molar-refractivity contribution >= 4 is 23.1 Å². The summed E-state index contributed by atoms with van der Waals surface area (Å²) in [4.78, 5) is 27.5. The van der Waals surface area contributed by atoms with Crippen LogP contribution in [-0.2, 0) is 14.3 Å². The number of nitrogens with zero attached hydrogens (tertiary/aromatic N) is 2. The largest absolute Gasteiger partial charge is 0.457 e. The van der Waals surface area contributed by atoms with Crippen molar-refractivity contribution in [2.45, 2.75) is 32.1 Å². The van der Waals surface area contributed by atoms with Crippen LogP contribution in [0, 0.1) is 24.2 Å². The van der Waals surface area contributed by atoms with Gasteiger partial charge >= 0.3 is 5.97 Å². The molecule has 1 heterocycles. The summed E-state index contributed by atoms with van der Waals surface area (Å²) in [6, 6.07) is 1.92. The first kappa shape index (κ1) is 13.7. The highest BCUT2D eigenvalue weighted by molar-refractivity contribution is 7.09. The fourth-order valence-corrected chi connectivity index (χ4v) is 2.62. The molecule has 0 amide bonds. The monoisotopic (exact) mass is 278 g/mol. The van der Waals surface area contributed by atoms with E-state index in [9.17, 15) is 9.59 Å². The summed E-state index contributed by atoms with van der Waals surface area (Å²) in [6.45, 7) is 1.46. The number of nitriles is 1. The molecule has 0 aliphatic heterocycles. The Labute approximate surface area is 115 Å². The summed E-state index contributed by atoms with van der Waals surface area (Å²) in [5.41, 5.74) is 0.777. The lowest BCUT2D eigenvalue weighted by atomic mass is 9.86. The number of esters is 1. The lowest BCUT2D eigenvalue weighted by Gasteiger charge is -2.22. The third-order valence-corrected chi connectivity index (χ3v) is 4.16. The van der Waals surface area contributed by atoms with Crippen molar-refractivity contribution in [3.63, 3.8) is 0 Å². The number of aromatic nitrogens is 1. The highest BCUT2D eigenvalue weighted by Crippen LogP contribution is 2.27. The Morgan fingerprint density at radius 1 is 1.63 bits per heavy atom. The van der Waals surface area contributed by atoms with Crippen LogP contribution in [0.15, 0.2) is 5.38 Å². The number of carbonyl (C=O) groups is 2. The lowest BCUT2D eigenvalue weighted by molar-refractivity contribution is -0.154. The van der Waals surface area contributed by atoms with Crippen molar-refractivity contribution in [2.75, 3.05) is 6.61 Å². The van der Waals surface area contributed by atoms with Gasteiger partial charge in [0.2, 0.25) is 0 Å². The molecule has 2 rings (SSSR count). The van der Waals surface area contributed by atoms with Crippen LogP contribution in [0.5, 0.6) is 0 Å². The van der Waals surface area contributed by atoms with Crippen LogP contribution >= 0.6 is 11.3 Å². The molecule has 0 spiro atoms. The topological polar surface area (TPSA) is 80.0 Å². The van der Waals surface area contributed by atoms with Gasteiger partial charge in [0.25, 0.3) is 0 Å². The van der Waals surface area contributed by atoms with Crippen LogP contribution in [-0.4, -0.2) is 23.3 Å². The second-order valence-corrected chi connectivity index (χ2v) is 5.48. The lowest BCUT2D eigenvalue weighted by Crippen LogP contribution is -2.27. The molecule has 1 atom stereocenters. The number of aryl methyl sites for hydroxylation is 1. The van der Waals surface area contributed by atoms with Gasteiger partial charge in [-0.15, -0.1) is 11.3 Å². The van der Waals surface area contributed by atoms with Crippen LogP contribution in [0.1, 0.15) is 35.9 Å². The Morgan fingerprint density at radius 2 is 2.37 bits per heavy atom. The van der Waals surface area contributed by atoms with Gasteiger partial charge in [0.15, 0.2) is 18.3 Å². The molecule has 0 saturated heterocycles. The molecule has 100 valence electrons. The van der Waals surface area contributed by atoms with E-state index in [4.69, 9.17) is 10.00 Å². The maximum absolute atomic E-state index is 11.9. The first-order valence-electron chi connectivity index (χ1n) is 6.13. The first-order valence-corrected chi connectivity index (χ1v) is 7.00. The third-order valence-electron chi connectivity index (χ3n) is 3.13. The smallest absolute Gasteiger partial charge is 0.309 e. The molecule has 5 nitrogen and oxygen atoms in total. The minimum absolute atomic E-state index is 0.0598. The van der Waals surface area contributed by atoms with Crippen LogP contribution in [0.2, 0.25) is 0 Å². The molecule has 0 bridgehead atoms. The number of hydrogen-bond donors (Lipinski definition) is 0. The molecule has 0 N–H and O–H groups in total. The summed E-state index contributed by atoms with van der Waals surface area (Å²) >= 11 is 1.27. The average Bonchev–Trinajstić information content (AvgIpc) is 2.72. The van der Waals surface area contributed by atoms with Gasteiger partial charge in [0.05, 0.1) is 12.0 Å². The molecule has 1 aromatic rings. The van der Waals surface area contributed by atoms with Gasteiger partial charge < -0.3 is 4.74 Å². The zero-order valence-electron chi connectivity index (χ0n) is 10.6. The minimum Gasteiger partial charge on any atom is -0.457 e. The Kier molecular flexibility index (Phi) is 4.27. The van der Waals surface area contributed by atoms with Crippen LogP contribution in [0.4, 0.5) is 0 Å². The Hall–Kier alpha value is -1.74. The summed E-state index contributed by atoms with van der Waals surface area (Å²) in [6.07, 6.45) is 2.70. The van der Waals surface area contributed by atoms with E-state index in [1.54, 1.807) is 12.3 Å². The van der Waals surface area contributed by atoms with Gasteiger partial charge in [0.1, 0.15) is 5.01 Å². The highest BCUT2D eigenvalue weighted by Gasteiger charge is 2.29. The molecule has 0 aromatic carbocycles. The normalized spacial score (nSPS) is 16.2. The summed E-state index contributed by atoms with van der Waals surface area (Å²) in [5.74, 6) is -1.74. The van der Waals surface area contributed by atoms with E-state index in [0.717, 1.165) is 25.0 Å². The Balaban J connectivity index is 1.90. The molecule has 19 heavy (non-hydrogen) atoms. The highest BCUT2D eigenvalue weighted by atomic mass is 32.1. The standard InChI is InChI=1S/C13H14N2O3S/c1-8-7-19-12(15-8)10(5-14)11(16)6-18-13(17)9-3-2-4-9/h7,9-10H,2-4,6H2,1H3/t10-/m0/s1. The number of rotatable bonds is 5. The summed E-state index contributed by atoms with van der Waals surface area (Å²) in [5, 5.41) is 11.3. The van der Waals surface area contributed by atoms with Crippen molar-refractivity contribution in [1.29, 1.82) is 5.26 Å². The van der Waals surface area contributed by atoms with E-state index in [0.29, 0.717) is 5.01 Å². The SMILES string of the molecule is Cc1csc([C@@H](C#N)C(=O)COC(=O)C2CCC2)n1. The molecule has 1 saturated carbocycles. The van der Waals surface area contributed by atoms with Gasteiger partial charge in [-0.2, -0.15) is 5.26 Å². The number of thiazole rings is 1. The van der Waals surface area contributed by atoms with Crippen LogP contribution in [0.25, 0.3) is 0 Å². The van der Waals surface area contributed by atoms with Crippen molar-refractivity contribution in [1.82, 2.24) is 4.98 Å². The van der Waals surface area contributed by atoms with E-state index in [-0.39, 0.29) is 18.5 Å². The minimum atomic E-state index is -0.937. The Morgan fingerprint density at radius 3 is 2.84 bits per heavy atom. The van der Waals surface area contributed by atoms with Crippen molar-refractivity contribution < 1.29 is 14.3 Å². The molecule has 1 aromatic heterocycles. The summed E-state index contributed by atoms with van der Waals surface area (Å²) < 4.78 is 4.96. The summed E-state index contributed by atoms with van der Waals surface area (Å²) in [7, 11) is 0. The fraction of sp³-hybridized carbons (Fsp3) is 0.538. The van der Waals surface area contributed by atoms with Crippen molar-refractivity contribution in [3.8, 4) is 6.07 Å².